The molecule has 4 rings (SSSR count). The van der Waals surface area contributed by atoms with E-state index in [1.165, 1.54) is 0 Å². The van der Waals surface area contributed by atoms with Gasteiger partial charge in [0.15, 0.2) is 6.10 Å². The fourth-order valence-corrected chi connectivity index (χ4v) is 3.51. The minimum absolute atomic E-state index is 0.0328. The van der Waals surface area contributed by atoms with Gasteiger partial charge in [-0.2, -0.15) is 0 Å². The molecule has 156 valence electrons. The maximum Gasteiger partial charge on any atom is 0.340 e. The number of esters is 1. The summed E-state index contributed by atoms with van der Waals surface area (Å²) in [5.74, 6) is -0.985. The fourth-order valence-electron chi connectivity index (χ4n) is 3.29. The molecule has 4 aromatic rings. The van der Waals surface area contributed by atoms with Crippen LogP contribution in [-0.4, -0.2) is 32.9 Å². The molecule has 0 spiro atoms. The maximum atomic E-state index is 13.3. The third-order valence-electron chi connectivity index (χ3n) is 5.04. The molecule has 0 bridgehead atoms. The largest absolute Gasteiger partial charge is 0.448 e. The Balaban J connectivity index is 1.66. The molecule has 0 saturated carbocycles. The number of aryl methyl sites for hydroxylation is 1. The Hall–Kier alpha value is -3.51. The minimum Gasteiger partial charge on any atom is -0.448 e. The standard InChI is InChI=1S/C24H20ClN3O3/c1-2-16-11-13-17(14-12-16)23(29)22(31-24(30)18-7-3-4-8-19(18)25)15-28-21-10-6-5-9-20(21)26-27-28/h3-14,22H,2,15H2,1H3/t22-/m0/s1. The average molecular weight is 434 g/mol. The van der Waals surface area contributed by atoms with Gasteiger partial charge in [0.2, 0.25) is 5.78 Å². The second kappa shape index (κ2) is 9.10. The van der Waals surface area contributed by atoms with E-state index >= 15 is 0 Å². The summed E-state index contributed by atoms with van der Waals surface area (Å²) in [6.45, 7) is 2.08. The van der Waals surface area contributed by atoms with Crippen molar-refractivity contribution in [2.75, 3.05) is 0 Å². The second-order valence-electron chi connectivity index (χ2n) is 7.05. The quantitative estimate of drug-likeness (QED) is 0.310. The van der Waals surface area contributed by atoms with Gasteiger partial charge in [-0.1, -0.05) is 72.3 Å². The summed E-state index contributed by atoms with van der Waals surface area (Å²) in [6, 6.07) is 21.2. The van der Waals surface area contributed by atoms with Crippen LogP contribution >= 0.6 is 11.6 Å². The molecule has 0 N–H and O–H groups in total. The molecule has 0 aliphatic carbocycles. The Bertz CT molecular complexity index is 1230. The highest BCUT2D eigenvalue weighted by molar-refractivity contribution is 6.33. The number of aromatic nitrogens is 3. The molecule has 1 aromatic heterocycles. The molecule has 0 radical (unpaired) electrons. The highest BCUT2D eigenvalue weighted by Gasteiger charge is 2.27. The van der Waals surface area contributed by atoms with E-state index in [1.807, 2.05) is 43.3 Å². The third-order valence-corrected chi connectivity index (χ3v) is 5.37. The lowest BCUT2D eigenvalue weighted by Gasteiger charge is -2.18. The first-order valence-corrected chi connectivity index (χ1v) is 10.3. The van der Waals surface area contributed by atoms with Crippen molar-refractivity contribution in [1.82, 2.24) is 15.0 Å². The Labute approximate surface area is 184 Å². The van der Waals surface area contributed by atoms with Gasteiger partial charge in [-0.05, 0) is 36.2 Å². The molecule has 7 heteroatoms. The van der Waals surface area contributed by atoms with Gasteiger partial charge >= 0.3 is 5.97 Å². The van der Waals surface area contributed by atoms with E-state index in [-0.39, 0.29) is 22.9 Å². The van der Waals surface area contributed by atoms with Crippen LogP contribution in [0.25, 0.3) is 11.0 Å². The average Bonchev–Trinajstić information content (AvgIpc) is 3.21. The van der Waals surface area contributed by atoms with Crippen LogP contribution in [0.1, 0.15) is 33.2 Å². The molecule has 1 heterocycles. The molecule has 1 atom stereocenters. The van der Waals surface area contributed by atoms with Crippen LogP contribution < -0.4 is 0 Å². The molecule has 0 aliphatic rings. The highest BCUT2D eigenvalue weighted by Crippen LogP contribution is 2.20. The summed E-state index contributed by atoms with van der Waals surface area (Å²) in [7, 11) is 0. The zero-order valence-corrected chi connectivity index (χ0v) is 17.6. The fraction of sp³-hybridized carbons (Fsp3) is 0.167. The molecular formula is C24H20ClN3O3. The number of nitrogens with zero attached hydrogens (tertiary/aromatic N) is 3. The van der Waals surface area contributed by atoms with E-state index in [4.69, 9.17) is 16.3 Å². The van der Waals surface area contributed by atoms with Gasteiger partial charge in [-0.25, -0.2) is 9.48 Å². The lowest BCUT2D eigenvalue weighted by Crippen LogP contribution is -2.32. The Kier molecular flexibility index (Phi) is 6.09. The zero-order chi connectivity index (χ0) is 21.8. The Morgan fingerprint density at radius 1 is 1.00 bits per heavy atom. The van der Waals surface area contributed by atoms with Crippen molar-refractivity contribution in [3.8, 4) is 0 Å². The van der Waals surface area contributed by atoms with Crippen LogP contribution in [0.3, 0.4) is 0 Å². The molecule has 0 aliphatic heterocycles. The molecule has 3 aromatic carbocycles. The lowest BCUT2D eigenvalue weighted by atomic mass is 10.0. The normalized spacial score (nSPS) is 11.9. The first kappa shape index (κ1) is 20.8. The van der Waals surface area contributed by atoms with Crippen molar-refractivity contribution < 1.29 is 14.3 Å². The van der Waals surface area contributed by atoms with Crippen molar-refractivity contribution in [3.63, 3.8) is 0 Å². The van der Waals surface area contributed by atoms with Crippen molar-refractivity contribution in [2.45, 2.75) is 26.0 Å². The van der Waals surface area contributed by atoms with Gasteiger partial charge in [0.25, 0.3) is 0 Å². The maximum absolute atomic E-state index is 13.3. The molecule has 31 heavy (non-hydrogen) atoms. The number of Topliss-reactive ketones (excluding diaryl/α,β-unsaturated/α-hetero) is 1. The lowest BCUT2D eigenvalue weighted by molar-refractivity contribution is 0.0245. The summed E-state index contributed by atoms with van der Waals surface area (Å²) >= 11 is 6.14. The number of carbonyl (C=O) groups is 2. The third kappa shape index (κ3) is 4.49. The van der Waals surface area contributed by atoms with E-state index in [1.54, 1.807) is 41.1 Å². The van der Waals surface area contributed by atoms with Crippen molar-refractivity contribution in [1.29, 1.82) is 0 Å². The predicted molar refractivity (Wildman–Crippen MR) is 118 cm³/mol. The zero-order valence-electron chi connectivity index (χ0n) is 16.9. The molecule has 0 unspecified atom stereocenters. The first-order valence-electron chi connectivity index (χ1n) is 9.93. The van der Waals surface area contributed by atoms with E-state index in [9.17, 15) is 9.59 Å². The van der Waals surface area contributed by atoms with Crippen molar-refractivity contribution in [3.05, 3.63) is 94.5 Å². The van der Waals surface area contributed by atoms with E-state index in [0.717, 1.165) is 17.5 Å². The number of hydrogen-bond acceptors (Lipinski definition) is 5. The van der Waals surface area contributed by atoms with Crippen LogP contribution in [0, 0.1) is 0 Å². The summed E-state index contributed by atoms with van der Waals surface area (Å²) < 4.78 is 7.22. The van der Waals surface area contributed by atoms with Gasteiger partial charge < -0.3 is 4.74 Å². The molecule has 6 nitrogen and oxygen atoms in total. The Morgan fingerprint density at radius 2 is 1.71 bits per heavy atom. The SMILES string of the molecule is CCc1ccc(C(=O)[C@H](Cn2nnc3ccccc32)OC(=O)c2ccccc2Cl)cc1. The summed E-state index contributed by atoms with van der Waals surface area (Å²) in [6.07, 6.45) is -0.231. The van der Waals surface area contributed by atoms with Gasteiger partial charge in [0.05, 0.1) is 22.6 Å². The van der Waals surface area contributed by atoms with E-state index < -0.39 is 12.1 Å². The van der Waals surface area contributed by atoms with Gasteiger partial charge in [0.1, 0.15) is 5.52 Å². The molecule has 0 amide bonds. The number of hydrogen-bond donors (Lipinski definition) is 0. The topological polar surface area (TPSA) is 74.1 Å². The summed E-state index contributed by atoms with van der Waals surface area (Å²) in [5.41, 5.74) is 3.21. The number of rotatable bonds is 7. The van der Waals surface area contributed by atoms with Crippen LogP contribution in [0.15, 0.2) is 72.8 Å². The van der Waals surface area contributed by atoms with Crippen molar-refractivity contribution in [2.24, 2.45) is 0 Å². The summed E-state index contributed by atoms with van der Waals surface area (Å²) in [4.78, 5) is 26.1. The second-order valence-corrected chi connectivity index (χ2v) is 7.46. The predicted octanol–water partition coefficient (Wildman–Crippen LogP) is 4.76. The number of ketones is 1. The van der Waals surface area contributed by atoms with E-state index in [2.05, 4.69) is 10.3 Å². The van der Waals surface area contributed by atoms with E-state index in [0.29, 0.717) is 11.1 Å². The van der Waals surface area contributed by atoms with Crippen LogP contribution in [0.4, 0.5) is 0 Å². The van der Waals surface area contributed by atoms with Crippen LogP contribution in [0.5, 0.6) is 0 Å². The number of carbonyl (C=O) groups excluding carboxylic acids is 2. The smallest absolute Gasteiger partial charge is 0.340 e. The monoisotopic (exact) mass is 433 g/mol. The number of fused-ring (bicyclic) bond motifs is 1. The highest BCUT2D eigenvalue weighted by atomic mass is 35.5. The molecule has 0 saturated heterocycles. The van der Waals surface area contributed by atoms with Gasteiger partial charge in [-0.15, -0.1) is 5.10 Å². The van der Waals surface area contributed by atoms with Gasteiger partial charge in [-0.3, -0.25) is 4.79 Å². The number of benzene rings is 3. The first-order chi connectivity index (χ1) is 15.1. The number of para-hydroxylation sites is 1. The van der Waals surface area contributed by atoms with Crippen molar-refractivity contribution >= 4 is 34.4 Å². The molecule has 0 fully saturated rings. The number of halogens is 1. The van der Waals surface area contributed by atoms with Crippen LogP contribution in [-0.2, 0) is 17.7 Å². The number of ether oxygens (including phenoxy) is 1. The molecular weight excluding hydrogens is 414 g/mol. The van der Waals surface area contributed by atoms with Crippen LogP contribution in [0.2, 0.25) is 5.02 Å². The van der Waals surface area contributed by atoms with Gasteiger partial charge in [0, 0.05) is 5.56 Å². The minimum atomic E-state index is -1.10. The summed E-state index contributed by atoms with van der Waals surface area (Å²) in [5, 5.41) is 8.51. The Morgan fingerprint density at radius 3 is 2.45 bits per heavy atom.